The number of aromatic nitrogens is 2. The molecule has 6 nitrogen and oxygen atoms in total. The molecular weight excluding hydrogens is 427 g/mol. The normalized spacial score (nSPS) is 16.1. The van der Waals surface area contributed by atoms with Crippen LogP contribution in [0.15, 0.2) is 71.2 Å². The molecule has 32 heavy (non-hydrogen) atoms. The lowest BCUT2D eigenvalue weighted by molar-refractivity contribution is 0.0934. The fourth-order valence-corrected chi connectivity index (χ4v) is 3.89. The van der Waals surface area contributed by atoms with Gasteiger partial charge in [-0.25, -0.2) is 9.37 Å². The van der Waals surface area contributed by atoms with Crippen molar-refractivity contribution in [3.63, 3.8) is 0 Å². The summed E-state index contributed by atoms with van der Waals surface area (Å²) in [5.41, 5.74) is 0.674. The standard InChI is InChI=1S/C24H25FN4O2S/c1-6-24(25,15(2)3)18-8-7-17(11-26-12-18)23-29-21(14-32-23)22(30)28-16(4)20-10-9-19(31-5)13-27-20/h6-11,13-14,16H,1-2,12H2,3-5H3,(H,28,30). The molecule has 3 rings (SSSR count). The molecule has 0 aliphatic carbocycles. The summed E-state index contributed by atoms with van der Waals surface area (Å²) in [6, 6.07) is 3.28. The highest BCUT2D eigenvalue weighted by Crippen LogP contribution is 2.32. The van der Waals surface area contributed by atoms with Crippen molar-refractivity contribution in [1.29, 1.82) is 0 Å². The van der Waals surface area contributed by atoms with Crippen LogP contribution in [0.25, 0.3) is 5.57 Å². The number of nitrogens with one attached hydrogen (secondary N) is 1. The minimum Gasteiger partial charge on any atom is -0.495 e. The van der Waals surface area contributed by atoms with E-state index >= 15 is 4.39 Å². The third kappa shape index (κ3) is 4.91. The highest BCUT2D eigenvalue weighted by molar-refractivity contribution is 7.11. The summed E-state index contributed by atoms with van der Waals surface area (Å²) in [5, 5.41) is 5.19. The number of ether oxygens (including phenoxy) is 1. The zero-order chi connectivity index (χ0) is 23.3. The van der Waals surface area contributed by atoms with Crippen LogP contribution in [0.5, 0.6) is 5.75 Å². The van der Waals surface area contributed by atoms with E-state index in [9.17, 15) is 4.79 Å². The Morgan fingerprint density at radius 3 is 2.81 bits per heavy atom. The minimum atomic E-state index is -1.82. The molecule has 0 spiro atoms. The van der Waals surface area contributed by atoms with Crippen LogP contribution in [-0.4, -0.2) is 41.4 Å². The number of carbonyl (C=O) groups is 1. The molecule has 2 unspecified atom stereocenters. The summed E-state index contributed by atoms with van der Waals surface area (Å²) in [6.45, 7) is 11.0. The molecule has 0 saturated heterocycles. The van der Waals surface area contributed by atoms with Gasteiger partial charge >= 0.3 is 0 Å². The average Bonchev–Trinajstić information content (AvgIpc) is 3.16. The zero-order valence-corrected chi connectivity index (χ0v) is 19.1. The number of aliphatic imine (C=N–C) groups is 1. The summed E-state index contributed by atoms with van der Waals surface area (Å²) in [7, 11) is 1.57. The number of allylic oxidation sites excluding steroid dienone is 5. The van der Waals surface area contributed by atoms with Gasteiger partial charge in [-0.05, 0) is 43.2 Å². The van der Waals surface area contributed by atoms with Gasteiger partial charge in [-0.3, -0.25) is 14.8 Å². The monoisotopic (exact) mass is 452 g/mol. The fraction of sp³-hybridized carbons (Fsp3) is 0.250. The van der Waals surface area contributed by atoms with E-state index in [0.717, 1.165) is 0 Å². The first-order valence-electron chi connectivity index (χ1n) is 9.94. The second kappa shape index (κ2) is 9.82. The number of methoxy groups -OCH3 is 1. The molecule has 2 aromatic heterocycles. The van der Waals surface area contributed by atoms with Crippen LogP contribution in [0.2, 0.25) is 0 Å². The van der Waals surface area contributed by atoms with Gasteiger partial charge in [0.2, 0.25) is 0 Å². The molecule has 2 atom stereocenters. The molecule has 0 bridgehead atoms. The van der Waals surface area contributed by atoms with Crippen molar-refractivity contribution in [3.05, 3.63) is 82.6 Å². The molecule has 0 fully saturated rings. The number of hydrogen-bond donors (Lipinski definition) is 1. The quantitative estimate of drug-likeness (QED) is 0.578. The van der Waals surface area contributed by atoms with Crippen LogP contribution in [-0.2, 0) is 0 Å². The highest BCUT2D eigenvalue weighted by atomic mass is 32.1. The molecule has 0 saturated carbocycles. The van der Waals surface area contributed by atoms with Gasteiger partial charge in [-0.2, -0.15) is 0 Å². The lowest BCUT2D eigenvalue weighted by Gasteiger charge is -2.23. The van der Waals surface area contributed by atoms with Crippen LogP contribution in [0.1, 0.15) is 41.1 Å². The predicted molar refractivity (Wildman–Crippen MR) is 127 cm³/mol. The van der Waals surface area contributed by atoms with Gasteiger partial charge in [0.1, 0.15) is 16.5 Å². The van der Waals surface area contributed by atoms with E-state index in [4.69, 9.17) is 4.74 Å². The first kappa shape index (κ1) is 23.3. The Morgan fingerprint density at radius 1 is 1.41 bits per heavy atom. The molecule has 0 aromatic carbocycles. The van der Waals surface area contributed by atoms with E-state index < -0.39 is 5.67 Å². The molecule has 0 radical (unpaired) electrons. The smallest absolute Gasteiger partial charge is 0.271 e. The summed E-state index contributed by atoms with van der Waals surface area (Å²) >= 11 is 1.32. The van der Waals surface area contributed by atoms with Crippen molar-refractivity contribution in [1.82, 2.24) is 15.3 Å². The fourth-order valence-electron chi connectivity index (χ4n) is 3.09. The van der Waals surface area contributed by atoms with Crippen molar-refractivity contribution >= 4 is 29.0 Å². The number of carbonyl (C=O) groups excluding carboxylic acids is 1. The van der Waals surface area contributed by atoms with Crippen LogP contribution >= 0.6 is 11.3 Å². The Balaban J connectivity index is 1.75. The average molecular weight is 453 g/mol. The zero-order valence-electron chi connectivity index (χ0n) is 18.3. The first-order chi connectivity index (χ1) is 15.3. The molecule has 166 valence electrons. The number of hydrogen-bond acceptors (Lipinski definition) is 6. The SMILES string of the molecule is C=CC(F)(C(=C)C)C1=CC=C(c2nc(C(=O)NC(C)c3ccc(OC)cn3)cs2)C=NC1. The Bertz CT molecular complexity index is 1120. The maximum atomic E-state index is 15.2. The van der Waals surface area contributed by atoms with Gasteiger partial charge in [-0.15, -0.1) is 11.3 Å². The molecule has 8 heteroatoms. The summed E-state index contributed by atoms with van der Waals surface area (Å²) in [6.07, 6.45) is 7.90. The maximum absolute atomic E-state index is 15.2. The van der Waals surface area contributed by atoms with Crippen molar-refractivity contribution in [2.24, 2.45) is 4.99 Å². The van der Waals surface area contributed by atoms with Crippen LogP contribution in [0, 0.1) is 0 Å². The third-order valence-corrected chi connectivity index (χ3v) is 5.99. The molecule has 2 aromatic rings. The van der Waals surface area contributed by atoms with Gasteiger partial charge < -0.3 is 10.1 Å². The Hall–Kier alpha value is -3.39. The van der Waals surface area contributed by atoms with Crippen molar-refractivity contribution in [2.75, 3.05) is 13.7 Å². The van der Waals surface area contributed by atoms with Crippen molar-refractivity contribution < 1.29 is 13.9 Å². The van der Waals surface area contributed by atoms with Gasteiger partial charge in [-0.1, -0.05) is 25.3 Å². The summed E-state index contributed by atoms with van der Waals surface area (Å²) in [4.78, 5) is 25.7. The van der Waals surface area contributed by atoms with Crippen molar-refractivity contribution in [2.45, 2.75) is 25.6 Å². The number of alkyl halides is 1. The lowest BCUT2D eigenvalue weighted by atomic mass is 9.89. The molecule has 3 heterocycles. The minimum absolute atomic E-state index is 0.181. The topological polar surface area (TPSA) is 76.5 Å². The Labute approximate surface area is 191 Å². The molecule has 1 amide bonds. The van der Waals surface area contributed by atoms with Crippen LogP contribution < -0.4 is 10.1 Å². The van der Waals surface area contributed by atoms with Crippen molar-refractivity contribution in [3.8, 4) is 5.75 Å². The number of thiazole rings is 1. The molecule has 1 aliphatic heterocycles. The lowest BCUT2D eigenvalue weighted by Crippen LogP contribution is -2.27. The third-order valence-electron chi connectivity index (χ3n) is 5.10. The van der Waals surface area contributed by atoms with E-state index in [2.05, 4.69) is 33.4 Å². The number of rotatable bonds is 8. The summed E-state index contributed by atoms with van der Waals surface area (Å²) in [5.74, 6) is 0.338. The maximum Gasteiger partial charge on any atom is 0.271 e. The molecule has 1 N–H and O–H groups in total. The van der Waals surface area contributed by atoms with Crippen LogP contribution in [0.3, 0.4) is 0 Å². The second-order valence-electron chi connectivity index (χ2n) is 7.34. The largest absolute Gasteiger partial charge is 0.495 e. The van der Waals surface area contributed by atoms with Gasteiger partial charge in [0.05, 0.1) is 31.6 Å². The number of amides is 1. The number of nitrogens with zero attached hydrogens (tertiary/aromatic N) is 3. The Kier molecular flexibility index (Phi) is 7.15. The van der Waals surface area contributed by atoms with E-state index in [1.165, 1.54) is 17.4 Å². The van der Waals surface area contributed by atoms with E-state index in [1.54, 1.807) is 56.1 Å². The molecule has 1 aliphatic rings. The van der Waals surface area contributed by atoms with Crippen LogP contribution in [0.4, 0.5) is 4.39 Å². The van der Waals surface area contributed by atoms with E-state index in [0.29, 0.717) is 38.9 Å². The highest BCUT2D eigenvalue weighted by Gasteiger charge is 2.31. The van der Waals surface area contributed by atoms with Gasteiger partial charge in [0.15, 0.2) is 5.67 Å². The van der Waals surface area contributed by atoms with Gasteiger partial charge in [0, 0.05) is 17.2 Å². The number of halogens is 1. The van der Waals surface area contributed by atoms with E-state index in [-0.39, 0.29) is 18.5 Å². The van der Waals surface area contributed by atoms with Gasteiger partial charge in [0.25, 0.3) is 5.91 Å². The second-order valence-corrected chi connectivity index (χ2v) is 8.19. The molecular formula is C24H25FN4O2S. The number of pyridine rings is 1. The predicted octanol–water partition coefficient (Wildman–Crippen LogP) is 4.90. The summed E-state index contributed by atoms with van der Waals surface area (Å²) < 4.78 is 20.3. The van der Waals surface area contributed by atoms with E-state index in [1.807, 2.05) is 6.92 Å². The first-order valence-corrected chi connectivity index (χ1v) is 10.8. The Morgan fingerprint density at radius 2 is 2.19 bits per heavy atom.